The molecule has 1 aliphatic rings. The second kappa shape index (κ2) is 10.9. The molecule has 1 saturated heterocycles. The highest BCUT2D eigenvalue weighted by atomic mass is 35.5. The summed E-state index contributed by atoms with van der Waals surface area (Å²) in [4.78, 5) is 12.8. The third-order valence-electron chi connectivity index (χ3n) is 5.32. The number of piperidine rings is 1. The van der Waals surface area contributed by atoms with Crippen molar-refractivity contribution in [2.45, 2.75) is 24.7 Å². The fourth-order valence-corrected chi connectivity index (χ4v) is 4.65. The molecule has 3 rings (SSSR count). The molecule has 1 heterocycles. The summed E-state index contributed by atoms with van der Waals surface area (Å²) in [6.07, 6.45) is 2.57. The zero-order valence-corrected chi connectivity index (χ0v) is 19.9. The molecule has 1 aliphatic heterocycles. The van der Waals surface area contributed by atoms with Crippen LogP contribution in [0.2, 0.25) is 5.02 Å². The number of carbonyl (C=O) groups excluding carboxylic acids is 1. The van der Waals surface area contributed by atoms with E-state index in [2.05, 4.69) is 15.3 Å². The highest BCUT2D eigenvalue weighted by molar-refractivity contribution is 7.86. The predicted octanol–water partition coefficient (Wildman–Crippen LogP) is 3.95. The third-order valence-corrected chi connectivity index (χ3v) is 6.52. The van der Waals surface area contributed by atoms with E-state index in [0.29, 0.717) is 28.5 Å². The molecule has 0 spiro atoms. The Kier molecular flexibility index (Phi) is 8.17. The number of methoxy groups -OCH3 is 1. The summed E-state index contributed by atoms with van der Waals surface area (Å²) in [7, 11) is -3.25. The average Bonchev–Trinajstić information content (AvgIpc) is 2.78. The number of carbonyl (C=O) groups is 1. The van der Waals surface area contributed by atoms with Crippen LogP contribution in [0.15, 0.2) is 46.4 Å². The van der Waals surface area contributed by atoms with Gasteiger partial charge < -0.3 is 14.4 Å². The molecular weight excluding hydrogens is 470 g/mol. The molecule has 0 bridgehead atoms. The molecular formula is C22H26ClN3O6S. The van der Waals surface area contributed by atoms with E-state index in [1.807, 2.05) is 4.90 Å². The minimum atomic E-state index is -4.51. The largest absolute Gasteiger partial charge is 0.493 e. The molecule has 11 heteroatoms. The van der Waals surface area contributed by atoms with Gasteiger partial charge in [-0.25, -0.2) is 10.2 Å². The number of ether oxygens (including phenoxy) is 2. The molecule has 9 nitrogen and oxygen atoms in total. The molecule has 2 N–H and O–H groups in total. The van der Waals surface area contributed by atoms with Gasteiger partial charge in [-0.3, -0.25) is 4.55 Å². The Bertz CT molecular complexity index is 1130. The quantitative estimate of drug-likeness (QED) is 0.258. The van der Waals surface area contributed by atoms with E-state index < -0.39 is 16.2 Å². The SMILES string of the molecule is COC(=O)N/N=C/N1CCC(COc2cc(C)cc(S(=O)(=O)O)c2-c2ccccc2Cl)CC1. The molecule has 0 unspecified atom stereocenters. The van der Waals surface area contributed by atoms with E-state index in [0.717, 1.165) is 25.9 Å². The number of hydrazone groups is 1. The van der Waals surface area contributed by atoms with Gasteiger partial charge in [-0.05, 0) is 49.4 Å². The zero-order valence-electron chi connectivity index (χ0n) is 18.3. The molecule has 33 heavy (non-hydrogen) atoms. The lowest BCUT2D eigenvalue weighted by Gasteiger charge is -2.30. The van der Waals surface area contributed by atoms with Gasteiger partial charge in [-0.1, -0.05) is 29.8 Å². The highest BCUT2D eigenvalue weighted by Gasteiger charge is 2.25. The minimum Gasteiger partial charge on any atom is -0.493 e. The van der Waals surface area contributed by atoms with Crippen LogP contribution in [0, 0.1) is 12.8 Å². The van der Waals surface area contributed by atoms with Crippen LogP contribution in [-0.4, -0.2) is 57.1 Å². The molecule has 0 aromatic heterocycles. The van der Waals surface area contributed by atoms with Gasteiger partial charge in [-0.2, -0.15) is 13.5 Å². The molecule has 0 aliphatic carbocycles. The number of amides is 1. The van der Waals surface area contributed by atoms with Crippen molar-refractivity contribution in [3.63, 3.8) is 0 Å². The van der Waals surface area contributed by atoms with Crippen molar-refractivity contribution in [3.05, 3.63) is 47.0 Å². The van der Waals surface area contributed by atoms with E-state index in [4.69, 9.17) is 16.3 Å². The van der Waals surface area contributed by atoms with E-state index in [9.17, 15) is 17.8 Å². The van der Waals surface area contributed by atoms with Gasteiger partial charge in [0.1, 0.15) is 17.0 Å². The number of likely N-dealkylation sites (tertiary alicyclic amines) is 1. The Labute approximate surface area is 198 Å². The fourth-order valence-electron chi connectivity index (χ4n) is 3.62. The van der Waals surface area contributed by atoms with Crippen molar-refractivity contribution < 1.29 is 27.2 Å². The predicted molar refractivity (Wildman–Crippen MR) is 125 cm³/mol. The minimum absolute atomic E-state index is 0.233. The summed E-state index contributed by atoms with van der Waals surface area (Å²) in [6.45, 7) is 3.55. The van der Waals surface area contributed by atoms with Crippen LogP contribution < -0.4 is 10.2 Å². The average molecular weight is 496 g/mol. The Balaban J connectivity index is 1.75. The van der Waals surface area contributed by atoms with Gasteiger partial charge in [-0.15, -0.1) is 0 Å². The molecule has 178 valence electrons. The first-order valence-electron chi connectivity index (χ1n) is 10.3. The van der Waals surface area contributed by atoms with Gasteiger partial charge in [0.2, 0.25) is 0 Å². The van der Waals surface area contributed by atoms with E-state index >= 15 is 0 Å². The number of benzene rings is 2. The summed E-state index contributed by atoms with van der Waals surface area (Å²) in [5, 5.41) is 4.18. The Morgan fingerprint density at radius 2 is 2.00 bits per heavy atom. The first-order valence-corrected chi connectivity index (χ1v) is 12.1. The van der Waals surface area contributed by atoms with Crippen molar-refractivity contribution in [1.82, 2.24) is 10.3 Å². The van der Waals surface area contributed by atoms with Gasteiger partial charge in [0.05, 0.1) is 13.7 Å². The van der Waals surface area contributed by atoms with Crippen molar-refractivity contribution in [2.75, 3.05) is 26.8 Å². The lowest BCUT2D eigenvalue weighted by atomic mass is 9.98. The number of aryl methyl sites for hydroxylation is 1. The molecule has 1 fully saturated rings. The number of hydrogen-bond acceptors (Lipinski definition) is 6. The van der Waals surface area contributed by atoms with Crippen LogP contribution >= 0.6 is 11.6 Å². The molecule has 1 amide bonds. The van der Waals surface area contributed by atoms with Crippen LogP contribution in [0.1, 0.15) is 18.4 Å². The smallest absolute Gasteiger partial charge is 0.427 e. The highest BCUT2D eigenvalue weighted by Crippen LogP contribution is 2.40. The molecule has 2 aromatic rings. The van der Waals surface area contributed by atoms with Crippen molar-refractivity contribution in [3.8, 4) is 16.9 Å². The van der Waals surface area contributed by atoms with Crippen LogP contribution in [-0.2, 0) is 14.9 Å². The standard InChI is InChI=1S/C22H26ClN3O6S/c1-15-11-19(21(20(12-15)33(28,29)30)17-5-3-4-6-18(17)23)32-13-16-7-9-26(10-8-16)14-24-25-22(27)31-2/h3-6,11-12,14,16H,7-10,13H2,1-2H3,(H,25,27)(H,28,29,30)/b24-14+. The Hall–Kier alpha value is -2.82. The van der Waals surface area contributed by atoms with Crippen molar-refractivity contribution >= 4 is 34.2 Å². The van der Waals surface area contributed by atoms with Crippen LogP contribution in [0.25, 0.3) is 11.1 Å². The number of rotatable bonds is 7. The van der Waals surface area contributed by atoms with Crippen LogP contribution in [0.5, 0.6) is 5.75 Å². The van der Waals surface area contributed by atoms with E-state index in [1.165, 1.54) is 13.2 Å². The molecule has 2 aromatic carbocycles. The number of nitrogens with one attached hydrogen (secondary N) is 1. The van der Waals surface area contributed by atoms with Gasteiger partial charge >= 0.3 is 6.09 Å². The van der Waals surface area contributed by atoms with Gasteiger partial charge in [0.15, 0.2) is 0 Å². The maximum atomic E-state index is 12.1. The monoisotopic (exact) mass is 495 g/mol. The van der Waals surface area contributed by atoms with E-state index in [1.54, 1.807) is 43.6 Å². The first-order chi connectivity index (χ1) is 15.7. The van der Waals surface area contributed by atoms with Crippen molar-refractivity contribution in [1.29, 1.82) is 0 Å². The first kappa shape index (κ1) is 24.8. The summed E-state index contributed by atoms with van der Waals surface area (Å²) in [5.41, 5.74) is 3.59. The maximum absolute atomic E-state index is 12.1. The number of halogens is 1. The maximum Gasteiger partial charge on any atom is 0.427 e. The second-order valence-electron chi connectivity index (χ2n) is 7.73. The Morgan fingerprint density at radius 3 is 2.64 bits per heavy atom. The number of nitrogens with zero attached hydrogens (tertiary/aromatic N) is 2. The fraction of sp³-hybridized carbons (Fsp3) is 0.364. The van der Waals surface area contributed by atoms with Crippen LogP contribution in [0.4, 0.5) is 4.79 Å². The molecule has 0 radical (unpaired) electrons. The van der Waals surface area contributed by atoms with Gasteiger partial charge in [0.25, 0.3) is 10.1 Å². The van der Waals surface area contributed by atoms with Gasteiger partial charge in [0, 0.05) is 29.2 Å². The topological polar surface area (TPSA) is 118 Å². The van der Waals surface area contributed by atoms with Crippen molar-refractivity contribution in [2.24, 2.45) is 11.0 Å². The summed E-state index contributed by atoms with van der Waals surface area (Å²) >= 11 is 6.34. The summed E-state index contributed by atoms with van der Waals surface area (Å²) < 4.78 is 44.7. The molecule has 0 atom stereocenters. The molecule has 0 saturated carbocycles. The van der Waals surface area contributed by atoms with Crippen LogP contribution in [0.3, 0.4) is 0 Å². The third kappa shape index (κ3) is 6.59. The number of hydrogen-bond donors (Lipinski definition) is 2. The summed E-state index contributed by atoms with van der Waals surface area (Å²) in [5.74, 6) is 0.582. The van der Waals surface area contributed by atoms with E-state index in [-0.39, 0.29) is 16.4 Å². The zero-order chi connectivity index (χ0) is 24.0. The Morgan fingerprint density at radius 1 is 1.30 bits per heavy atom. The lowest BCUT2D eigenvalue weighted by molar-refractivity contribution is 0.170. The lowest BCUT2D eigenvalue weighted by Crippen LogP contribution is -2.35. The summed E-state index contributed by atoms with van der Waals surface area (Å²) in [6, 6.07) is 9.97. The second-order valence-corrected chi connectivity index (χ2v) is 9.53. The normalized spacial score (nSPS) is 15.0.